The Labute approximate surface area is 186 Å². The van der Waals surface area contributed by atoms with Gasteiger partial charge >= 0.3 is 0 Å². The highest BCUT2D eigenvalue weighted by Crippen LogP contribution is 2.21. The SMILES string of the molecule is Cc1ccc([C@@H](C)NC(=O)c2cccc(Nc3ncc(-c4cccc(F)c4)cn3)c2)cc1. The zero-order chi connectivity index (χ0) is 22.5. The van der Waals surface area contributed by atoms with E-state index in [2.05, 4.69) is 20.6 Å². The number of rotatable bonds is 6. The van der Waals surface area contributed by atoms with Gasteiger partial charge in [-0.3, -0.25) is 4.79 Å². The smallest absolute Gasteiger partial charge is 0.251 e. The number of aryl methyl sites for hydroxylation is 1. The van der Waals surface area contributed by atoms with Gasteiger partial charge in [-0.25, -0.2) is 14.4 Å². The molecule has 1 amide bonds. The molecule has 0 aliphatic heterocycles. The molecule has 0 saturated heterocycles. The van der Waals surface area contributed by atoms with Gasteiger partial charge in [0.1, 0.15) is 5.82 Å². The number of hydrogen-bond acceptors (Lipinski definition) is 4. The van der Waals surface area contributed by atoms with E-state index in [1.54, 1.807) is 42.7 Å². The molecule has 32 heavy (non-hydrogen) atoms. The Bertz CT molecular complexity index is 1220. The van der Waals surface area contributed by atoms with Crippen molar-refractivity contribution in [3.63, 3.8) is 0 Å². The van der Waals surface area contributed by atoms with Gasteiger partial charge in [-0.15, -0.1) is 0 Å². The van der Waals surface area contributed by atoms with Gasteiger partial charge in [0.2, 0.25) is 5.95 Å². The first-order valence-corrected chi connectivity index (χ1v) is 10.3. The Hall–Kier alpha value is -4.06. The Morgan fingerprint density at radius 3 is 2.34 bits per heavy atom. The van der Waals surface area contributed by atoms with Gasteiger partial charge < -0.3 is 10.6 Å². The van der Waals surface area contributed by atoms with Crippen LogP contribution in [0.15, 0.2) is 85.2 Å². The van der Waals surface area contributed by atoms with Crippen LogP contribution in [-0.4, -0.2) is 15.9 Å². The number of amides is 1. The van der Waals surface area contributed by atoms with Crippen molar-refractivity contribution in [3.8, 4) is 11.1 Å². The van der Waals surface area contributed by atoms with Crippen molar-refractivity contribution in [2.75, 3.05) is 5.32 Å². The van der Waals surface area contributed by atoms with E-state index in [1.807, 2.05) is 44.2 Å². The number of nitrogens with one attached hydrogen (secondary N) is 2. The minimum absolute atomic E-state index is 0.113. The van der Waals surface area contributed by atoms with Crippen LogP contribution in [0.25, 0.3) is 11.1 Å². The van der Waals surface area contributed by atoms with Gasteiger partial charge in [0.25, 0.3) is 5.91 Å². The number of aromatic nitrogens is 2. The molecule has 1 atom stereocenters. The first-order valence-electron chi connectivity index (χ1n) is 10.3. The van der Waals surface area contributed by atoms with Crippen LogP contribution in [-0.2, 0) is 0 Å². The van der Waals surface area contributed by atoms with Crippen LogP contribution >= 0.6 is 0 Å². The molecule has 1 aromatic heterocycles. The van der Waals surface area contributed by atoms with E-state index in [9.17, 15) is 9.18 Å². The summed E-state index contributed by atoms with van der Waals surface area (Å²) in [5.41, 5.74) is 4.87. The molecular formula is C26H23FN4O. The Kier molecular flexibility index (Phi) is 6.22. The van der Waals surface area contributed by atoms with E-state index < -0.39 is 0 Å². The highest BCUT2D eigenvalue weighted by Gasteiger charge is 2.12. The third kappa shape index (κ3) is 5.16. The van der Waals surface area contributed by atoms with Gasteiger partial charge in [0, 0.05) is 29.2 Å². The number of benzene rings is 3. The van der Waals surface area contributed by atoms with Crippen LogP contribution in [0, 0.1) is 12.7 Å². The average molecular weight is 426 g/mol. The van der Waals surface area contributed by atoms with Crippen molar-refractivity contribution in [1.29, 1.82) is 0 Å². The molecule has 0 fully saturated rings. The van der Waals surface area contributed by atoms with Crippen molar-refractivity contribution < 1.29 is 9.18 Å². The van der Waals surface area contributed by atoms with Crippen LogP contribution in [0.1, 0.15) is 34.5 Å². The zero-order valence-corrected chi connectivity index (χ0v) is 17.8. The van der Waals surface area contributed by atoms with Gasteiger partial charge in [-0.05, 0) is 55.3 Å². The minimum Gasteiger partial charge on any atom is -0.346 e. The molecule has 0 spiro atoms. The molecule has 0 unspecified atom stereocenters. The van der Waals surface area contributed by atoms with Gasteiger partial charge in [0.05, 0.1) is 6.04 Å². The zero-order valence-electron chi connectivity index (χ0n) is 17.8. The minimum atomic E-state index is -0.309. The van der Waals surface area contributed by atoms with E-state index >= 15 is 0 Å². The van der Waals surface area contributed by atoms with Crippen LogP contribution in [0.2, 0.25) is 0 Å². The largest absolute Gasteiger partial charge is 0.346 e. The van der Waals surface area contributed by atoms with Crippen LogP contribution in [0.3, 0.4) is 0 Å². The second kappa shape index (κ2) is 9.39. The summed E-state index contributed by atoms with van der Waals surface area (Å²) in [4.78, 5) is 21.3. The fourth-order valence-electron chi connectivity index (χ4n) is 3.30. The lowest BCUT2D eigenvalue weighted by Crippen LogP contribution is -2.26. The molecule has 5 nitrogen and oxygen atoms in total. The third-order valence-corrected chi connectivity index (χ3v) is 5.12. The van der Waals surface area contributed by atoms with E-state index in [0.717, 1.165) is 5.56 Å². The molecule has 0 bridgehead atoms. The molecule has 0 saturated carbocycles. The van der Waals surface area contributed by atoms with Crippen LogP contribution < -0.4 is 10.6 Å². The van der Waals surface area contributed by atoms with Crippen molar-refractivity contribution in [2.24, 2.45) is 0 Å². The van der Waals surface area contributed by atoms with Crippen molar-refractivity contribution in [2.45, 2.75) is 19.9 Å². The number of nitrogens with zero attached hydrogens (tertiary/aromatic N) is 2. The highest BCUT2D eigenvalue weighted by molar-refractivity contribution is 5.95. The maximum Gasteiger partial charge on any atom is 0.251 e. The van der Waals surface area contributed by atoms with Crippen LogP contribution in [0.4, 0.5) is 16.0 Å². The lowest BCUT2D eigenvalue weighted by atomic mass is 10.1. The molecule has 0 aliphatic rings. The second-order valence-electron chi connectivity index (χ2n) is 7.62. The summed E-state index contributed by atoms with van der Waals surface area (Å²) in [7, 11) is 0. The summed E-state index contributed by atoms with van der Waals surface area (Å²) in [6.07, 6.45) is 3.26. The summed E-state index contributed by atoms with van der Waals surface area (Å²) in [5, 5.41) is 6.13. The normalized spacial score (nSPS) is 11.6. The summed E-state index contributed by atoms with van der Waals surface area (Å²) in [6.45, 7) is 3.99. The lowest BCUT2D eigenvalue weighted by Gasteiger charge is -2.15. The standard InChI is InChI=1S/C26H23FN4O/c1-17-9-11-19(12-10-17)18(2)30-25(32)21-6-4-8-24(14-21)31-26-28-15-22(16-29-26)20-5-3-7-23(27)13-20/h3-16,18H,1-2H3,(H,30,32)(H,28,29,31)/t18-/m1/s1. The summed E-state index contributed by atoms with van der Waals surface area (Å²) < 4.78 is 13.4. The Morgan fingerprint density at radius 2 is 1.62 bits per heavy atom. The fourth-order valence-corrected chi connectivity index (χ4v) is 3.30. The van der Waals surface area contributed by atoms with Gasteiger partial charge in [-0.2, -0.15) is 0 Å². The van der Waals surface area contributed by atoms with Gasteiger partial charge in [0.15, 0.2) is 0 Å². The van der Waals surface area contributed by atoms with E-state index in [-0.39, 0.29) is 17.8 Å². The van der Waals surface area contributed by atoms with E-state index in [4.69, 9.17) is 0 Å². The molecule has 3 aromatic carbocycles. The topological polar surface area (TPSA) is 66.9 Å². The number of carbonyl (C=O) groups excluding carboxylic acids is 1. The van der Waals surface area contributed by atoms with Crippen molar-refractivity contribution >= 4 is 17.5 Å². The predicted octanol–water partition coefficient (Wildman–Crippen LogP) is 5.83. The summed E-state index contributed by atoms with van der Waals surface area (Å²) in [5.74, 6) is -0.0867. The average Bonchev–Trinajstić information content (AvgIpc) is 2.80. The molecule has 4 rings (SSSR count). The molecule has 2 N–H and O–H groups in total. The molecule has 6 heteroatoms. The fraction of sp³-hybridized carbons (Fsp3) is 0.115. The number of hydrogen-bond donors (Lipinski definition) is 2. The molecular weight excluding hydrogens is 403 g/mol. The Balaban J connectivity index is 1.43. The van der Waals surface area contributed by atoms with E-state index in [0.29, 0.717) is 28.3 Å². The number of anilines is 2. The summed E-state index contributed by atoms with van der Waals surface area (Å²) in [6, 6.07) is 21.4. The molecule has 4 aromatic rings. The van der Waals surface area contributed by atoms with Crippen molar-refractivity contribution in [3.05, 3.63) is 108 Å². The van der Waals surface area contributed by atoms with Crippen LogP contribution in [0.5, 0.6) is 0 Å². The van der Waals surface area contributed by atoms with E-state index in [1.165, 1.54) is 17.7 Å². The molecule has 160 valence electrons. The molecule has 0 radical (unpaired) electrons. The maximum atomic E-state index is 13.4. The molecule has 1 heterocycles. The quantitative estimate of drug-likeness (QED) is 0.407. The third-order valence-electron chi connectivity index (χ3n) is 5.12. The monoisotopic (exact) mass is 426 g/mol. The number of halogens is 1. The summed E-state index contributed by atoms with van der Waals surface area (Å²) >= 11 is 0. The lowest BCUT2D eigenvalue weighted by molar-refractivity contribution is 0.0940. The first kappa shape index (κ1) is 21.2. The number of carbonyl (C=O) groups is 1. The maximum absolute atomic E-state index is 13.4. The second-order valence-corrected chi connectivity index (χ2v) is 7.62. The molecule has 0 aliphatic carbocycles. The Morgan fingerprint density at radius 1 is 0.906 bits per heavy atom. The van der Waals surface area contributed by atoms with Gasteiger partial charge in [-0.1, -0.05) is 48.0 Å². The predicted molar refractivity (Wildman–Crippen MR) is 124 cm³/mol. The highest BCUT2D eigenvalue weighted by atomic mass is 19.1. The van der Waals surface area contributed by atoms with Crippen molar-refractivity contribution in [1.82, 2.24) is 15.3 Å². The first-order chi connectivity index (χ1) is 15.5.